The van der Waals surface area contributed by atoms with E-state index in [1.54, 1.807) is 7.05 Å². The van der Waals surface area contributed by atoms with Crippen LogP contribution in [-0.4, -0.2) is 63.2 Å². The smallest absolute Gasteiger partial charge is 0.233 e. The van der Waals surface area contributed by atoms with E-state index in [1.807, 2.05) is 21.0 Å². The van der Waals surface area contributed by atoms with Crippen molar-refractivity contribution in [3.63, 3.8) is 0 Å². The van der Waals surface area contributed by atoms with Gasteiger partial charge in [-0.2, -0.15) is 0 Å². The molecule has 0 spiro atoms. The molecule has 0 radical (unpaired) electrons. The number of carbonyl (C=O) groups is 1. The molecule has 1 saturated heterocycles. The lowest BCUT2D eigenvalue weighted by molar-refractivity contribution is -0.123. The molecule has 0 unspecified atom stereocenters. The molecule has 0 saturated carbocycles. The molecule has 116 valence electrons. The van der Waals surface area contributed by atoms with Gasteiger partial charge in [-0.05, 0) is 19.1 Å². The third-order valence-electron chi connectivity index (χ3n) is 3.60. The molecule has 1 amide bonds. The number of likely N-dealkylation sites (N-methyl/N-ethyl adjacent to an activating group) is 1. The number of pyridine rings is 1. The summed E-state index contributed by atoms with van der Waals surface area (Å²) in [5, 5.41) is 2.66. The zero-order valence-electron chi connectivity index (χ0n) is 13.2. The van der Waals surface area contributed by atoms with Gasteiger partial charge in [0.25, 0.3) is 0 Å². The van der Waals surface area contributed by atoms with Gasteiger partial charge in [0.2, 0.25) is 5.91 Å². The molecule has 2 rings (SSSR count). The first-order chi connectivity index (χ1) is 9.99. The maximum absolute atomic E-state index is 11.5. The van der Waals surface area contributed by atoms with Crippen molar-refractivity contribution in [1.82, 2.24) is 15.2 Å². The summed E-state index contributed by atoms with van der Waals surface area (Å²) in [5.41, 5.74) is 3.02. The zero-order chi connectivity index (χ0) is 15.4. The highest BCUT2D eigenvalue weighted by atomic mass is 16.5. The van der Waals surface area contributed by atoms with E-state index in [4.69, 9.17) is 4.74 Å². The lowest BCUT2D eigenvalue weighted by Crippen LogP contribution is -2.43. The largest absolute Gasteiger partial charge is 0.378 e. The Balaban J connectivity index is 2.12. The predicted molar refractivity (Wildman–Crippen MR) is 82.5 cm³/mol. The van der Waals surface area contributed by atoms with Gasteiger partial charge < -0.3 is 15.0 Å². The van der Waals surface area contributed by atoms with E-state index in [0.717, 1.165) is 23.6 Å². The molecular formula is C15H24N4O2. The number of hydrogen-bond donors (Lipinski definition) is 1. The van der Waals surface area contributed by atoms with Gasteiger partial charge in [-0.15, -0.1) is 0 Å². The van der Waals surface area contributed by atoms with Crippen molar-refractivity contribution in [3.8, 4) is 0 Å². The Morgan fingerprint density at radius 3 is 2.95 bits per heavy atom. The first-order valence-corrected chi connectivity index (χ1v) is 7.20. The predicted octanol–water partition coefficient (Wildman–Crippen LogP) is 0.575. The quantitative estimate of drug-likeness (QED) is 0.879. The van der Waals surface area contributed by atoms with E-state index in [1.165, 1.54) is 0 Å². The van der Waals surface area contributed by atoms with Crippen LogP contribution in [0, 0.1) is 6.92 Å². The van der Waals surface area contributed by atoms with Crippen molar-refractivity contribution in [3.05, 3.63) is 23.5 Å². The molecule has 21 heavy (non-hydrogen) atoms. The van der Waals surface area contributed by atoms with Gasteiger partial charge in [0.15, 0.2) is 0 Å². The van der Waals surface area contributed by atoms with Gasteiger partial charge in [-0.3, -0.25) is 14.7 Å². The summed E-state index contributed by atoms with van der Waals surface area (Å²) in [7, 11) is 5.68. The van der Waals surface area contributed by atoms with E-state index in [0.29, 0.717) is 19.7 Å². The Morgan fingerprint density at radius 2 is 2.29 bits per heavy atom. The van der Waals surface area contributed by atoms with Crippen molar-refractivity contribution < 1.29 is 9.53 Å². The molecule has 1 aliphatic heterocycles. The highest BCUT2D eigenvalue weighted by Gasteiger charge is 2.24. The van der Waals surface area contributed by atoms with E-state index >= 15 is 0 Å². The molecule has 2 heterocycles. The molecule has 1 aromatic rings. The Labute approximate surface area is 126 Å². The standard InChI is InChI=1S/C15H24N4O2/c1-11-7-12(18(3)4)8-13(17-11)14-9-19(5-6-21-14)10-15(20)16-2/h7-8,14H,5-6,9-10H2,1-4H3,(H,16,20)/t14-/m1/s1. The highest BCUT2D eigenvalue weighted by molar-refractivity contribution is 5.77. The van der Waals surface area contributed by atoms with Crippen molar-refractivity contribution in [2.75, 3.05) is 52.3 Å². The van der Waals surface area contributed by atoms with Gasteiger partial charge in [0.1, 0.15) is 6.10 Å². The second kappa shape index (κ2) is 6.87. The number of carbonyl (C=O) groups excluding carboxylic acids is 1. The summed E-state index contributed by atoms with van der Waals surface area (Å²) in [4.78, 5) is 20.3. The minimum Gasteiger partial charge on any atom is -0.378 e. The Morgan fingerprint density at radius 1 is 1.52 bits per heavy atom. The number of nitrogens with one attached hydrogen (secondary N) is 1. The van der Waals surface area contributed by atoms with E-state index < -0.39 is 0 Å². The first kappa shape index (κ1) is 15.7. The SMILES string of the molecule is CNC(=O)CN1CCO[C@@H](c2cc(N(C)C)cc(C)n2)C1. The molecule has 1 N–H and O–H groups in total. The fraction of sp³-hybridized carbons (Fsp3) is 0.600. The summed E-state index contributed by atoms with van der Waals surface area (Å²) >= 11 is 0. The lowest BCUT2D eigenvalue weighted by Gasteiger charge is -2.32. The van der Waals surface area contributed by atoms with Crippen LogP contribution in [0.25, 0.3) is 0 Å². The normalized spacial score (nSPS) is 19.3. The van der Waals surface area contributed by atoms with Crippen LogP contribution in [0.4, 0.5) is 5.69 Å². The van der Waals surface area contributed by atoms with Crippen LogP contribution < -0.4 is 10.2 Å². The number of amides is 1. The summed E-state index contributed by atoms with van der Waals surface area (Å²) in [6.07, 6.45) is -0.0815. The third kappa shape index (κ3) is 4.15. The number of hydrogen-bond acceptors (Lipinski definition) is 5. The topological polar surface area (TPSA) is 57.7 Å². The average molecular weight is 292 g/mol. The molecule has 0 bridgehead atoms. The molecule has 1 fully saturated rings. The van der Waals surface area contributed by atoms with Crippen LogP contribution in [-0.2, 0) is 9.53 Å². The van der Waals surface area contributed by atoms with Gasteiger partial charge in [0.05, 0.1) is 18.8 Å². The molecule has 6 heteroatoms. The number of ether oxygens (including phenoxy) is 1. The third-order valence-corrected chi connectivity index (χ3v) is 3.60. The summed E-state index contributed by atoms with van der Waals surface area (Å²) in [6.45, 7) is 4.48. The zero-order valence-corrected chi connectivity index (χ0v) is 13.2. The Bertz CT molecular complexity index is 504. The minimum absolute atomic E-state index is 0.0295. The summed E-state index contributed by atoms with van der Waals surface area (Å²) < 4.78 is 5.84. The molecule has 0 aliphatic carbocycles. The van der Waals surface area contributed by atoms with Crippen LogP contribution in [0.5, 0.6) is 0 Å². The van der Waals surface area contributed by atoms with E-state index in [-0.39, 0.29) is 12.0 Å². The lowest BCUT2D eigenvalue weighted by atomic mass is 10.1. The van der Waals surface area contributed by atoms with Crippen LogP contribution in [0.3, 0.4) is 0 Å². The van der Waals surface area contributed by atoms with Crippen molar-refractivity contribution in [2.24, 2.45) is 0 Å². The molecule has 1 aliphatic rings. The number of anilines is 1. The van der Waals surface area contributed by atoms with Gasteiger partial charge >= 0.3 is 0 Å². The maximum Gasteiger partial charge on any atom is 0.233 e. The number of rotatable bonds is 4. The monoisotopic (exact) mass is 292 g/mol. The molecule has 1 aromatic heterocycles. The van der Waals surface area contributed by atoms with Crippen LogP contribution in [0.2, 0.25) is 0 Å². The summed E-state index contributed by atoms with van der Waals surface area (Å²) in [6, 6.07) is 4.11. The van der Waals surface area contributed by atoms with Crippen LogP contribution >= 0.6 is 0 Å². The van der Waals surface area contributed by atoms with E-state index in [2.05, 4.69) is 32.2 Å². The van der Waals surface area contributed by atoms with Crippen molar-refractivity contribution in [1.29, 1.82) is 0 Å². The number of aromatic nitrogens is 1. The maximum atomic E-state index is 11.5. The average Bonchev–Trinajstić information content (AvgIpc) is 2.46. The van der Waals surface area contributed by atoms with Gasteiger partial charge in [-0.25, -0.2) is 0 Å². The number of morpholine rings is 1. The molecular weight excluding hydrogens is 268 g/mol. The molecule has 1 atom stereocenters. The minimum atomic E-state index is -0.0815. The molecule has 6 nitrogen and oxygen atoms in total. The Kier molecular flexibility index (Phi) is 5.14. The van der Waals surface area contributed by atoms with Crippen molar-refractivity contribution >= 4 is 11.6 Å². The highest BCUT2D eigenvalue weighted by Crippen LogP contribution is 2.24. The summed E-state index contributed by atoms with van der Waals surface area (Å²) in [5.74, 6) is 0.0295. The fourth-order valence-electron chi connectivity index (χ4n) is 2.41. The Hall–Kier alpha value is -1.66. The van der Waals surface area contributed by atoms with Gasteiger partial charge in [-0.1, -0.05) is 0 Å². The van der Waals surface area contributed by atoms with Gasteiger partial charge in [0, 0.05) is 45.6 Å². The molecule has 0 aromatic carbocycles. The van der Waals surface area contributed by atoms with Crippen LogP contribution in [0.1, 0.15) is 17.5 Å². The van der Waals surface area contributed by atoms with Crippen molar-refractivity contribution in [2.45, 2.75) is 13.0 Å². The first-order valence-electron chi connectivity index (χ1n) is 7.20. The second-order valence-corrected chi connectivity index (χ2v) is 5.55. The second-order valence-electron chi connectivity index (χ2n) is 5.55. The van der Waals surface area contributed by atoms with Crippen LogP contribution in [0.15, 0.2) is 12.1 Å². The van der Waals surface area contributed by atoms with E-state index in [9.17, 15) is 4.79 Å². The fourth-order valence-corrected chi connectivity index (χ4v) is 2.41. The number of aryl methyl sites for hydroxylation is 1. The number of nitrogens with zero attached hydrogens (tertiary/aromatic N) is 3.